The Morgan fingerprint density at radius 2 is 2.26 bits per heavy atom. The molecule has 104 valence electrons. The second-order valence-corrected chi connectivity index (χ2v) is 4.75. The Bertz CT molecular complexity index is 421. The lowest BCUT2D eigenvalue weighted by atomic mass is 10.0. The Kier molecular flexibility index (Phi) is 6.99. The van der Waals surface area contributed by atoms with E-state index >= 15 is 0 Å². The van der Waals surface area contributed by atoms with Gasteiger partial charge in [0.15, 0.2) is 5.76 Å². The Balaban J connectivity index is 2.60. The number of allylic oxidation sites excluding steroid dienone is 3. The Labute approximate surface area is 116 Å². The number of hydrogen-bond donors (Lipinski definition) is 0. The van der Waals surface area contributed by atoms with E-state index in [0.29, 0.717) is 5.92 Å². The molecule has 0 saturated carbocycles. The van der Waals surface area contributed by atoms with Crippen LogP contribution < -0.4 is 0 Å². The Hall–Kier alpha value is -1.53. The lowest BCUT2D eigenvalue weighted by molar-refractivity contribution is -0.418. The van der Waals surface area contributed by atoms with Crippen molar-refractivity contribution in [3.05, 3.63) is 41.9 Å². The van der Waals surface area contributed by atoms with E-state index in [1.165, 1.54) is 19.3 Å². The number of ether oxygens (including phenoxy) is 1. The average Bonchev–Trinajstić information content (AvgIpc) is 2.47. The predicted molar refractivity (Wildman–Crippen MR) is 80.1 cm³/mol. The van der Waals surface area contributed by atoms with Crippen molar-refractivity contribution in [2.75, 3.05) is 13.7 Å². The van der Waals surface area contributed by atoms with Gasteiger partial charge in [-0.05, 0) is 12.3 Å². The topological polar surface area (TPSA) is 20.5 Å². The molecule has 0 aromatic heterocycles. The number of rotatable bonds is 8. The SMILES string of the molecule is C=CC1=CC(OCC(CC)CCCC)=C=CC1=[O+]C. The molecule has 0 aliphatic heterocycles. The molecule has 0 heterocycles. The first-order valence-electron chi connectivity index (χ1n) is 7.10. The summed E-state index contributed by atoms with van der Waals surface area (Å²) in [6, 6.07) is 0. The van der Waals surface area contributed by atoms with Crippen molar-refractivity contribution >= 4 is 5.78 Å². The van der Waals surface area contributed by atoms with Gasteiger partial charge >= 0.3 is 5.78 Å². The smallest absolute Gasteiger partial charge is 0.358 e. The van der Waals surface area contributed by atoms with Crippen molar-refractivity contribution in [2.45, 2.75) is 39.5 Å². The van der Waals surface area contributed by atoms with Crippen LogP contribution in [0.25, 0.3) is 0 Å². The van der Waals surface area contributed by atoms with Crippen LogP contribution in [-0.2, 0) is 9.16 Å². The van der Waals surface area contributed by atoms with E-state index in [0.717, 1.165) is 30.1 Å². The van der Waals surface area contributed by atoms with Crippen LogP contribution in [0.15, 0.2) is 41.9 Å². The van der Waals surface area contributed by atoms with E-state index in [1.807, 2.05) is 6.08 Å². The molecule has 0 spiro atoms. The van der Waals surface area contributed by atoms with Crippen molar-refractivity contribution in [3.63, 3.8) is 0 Å². The highest BCUT2D eigenvalue weighted by atomic mass is 16.5. The molecule has 0 N–H and O–H groups in total. The second-order valence-electron chi connectivity index (χ2n) is 4.75. The van der Waals surface area contributed by atoms with Gasteiger partial charge in [0.2, 0.25) is 0 Å². The molecular formula is C17H25O2+. The second kappa shape index (κ2) is 8.55. The number of unbranched alkanes of at least 4 members (excludes halogenated alkanes) is 1. The molecule has 1 aliphatic rings. The quantitative estimate of drug-likeness (QED) is 0.475. The molecular weight excluding hydrogens is 236 g/mol. The molecule has 0 amide bonds. The highest BCUT2D eigenvalue weighted by Gasteiger charge is 2.16. The van der Waals surface area contributed by atoms with Gasteiger partial charge in [-0.2, -0.15) is 0 Å². The molecule has 2 nitrogen and oxygen atoms in total. The van der Waals surface area contributed by atoms with Gasteiger partial charge in [0.25, 0.3) is 7.11 Å². The molecule has 1 aliphatic carbocycles. The minimum Gasteiger partial charge on any atom is -0.486 e. The van der Waals surface area contributed by atoms with Crippen LogP contribution in [0, 0.1) is 5.92 Å². The van der Waals surface area contributed by atoms with Crippen LogP contribution in [-0.4, -0.2) is 19.5 Å². The minimum atomic E-state index is 0.627. The van der Waals surface area contributed by atoms with E-state index in [4.69, 9.17) is 9.16 Å². The summed E-state index contributed by atoms with van der Waals surface area (Å²) in [7, 11) is 1.65. The van der Waals surface area contributed by atoms with Crippen LogP contribution in [0.1, 0.15) is 39.5 Å². The summed E-state index contributed by atoms with van der Waals surface area (Å²) in [6.07, 6.45) is 10.4. The maximum atomic E-state index is 5.84. The van der Waals surface area contributed by atoms with Gasteiger partial charge in [-0.1, -0.05) is 51.5 Å². The zero-order chi connectivity index (χ0) is 14.1. The third-order valence-electron chi connectivity index (χ3n) is 3.37. The van der Waals surface area contributed by atoms with Crippen LogP contribution in [0.2, 0.25) is 0 Å². The minimum absolute atomic E-state index is 0.627. The maximum Gasteiger partial charge on any atom is 0.358 e. The van der Waals surface area contributed by atoms with E-state index in [9.17, 15) is 0 Å². The number of ketones is 1. The lowest BCUT2D eigenvalue weighted by Gasteiger charge is -2.15. The van der Waals surface area contributed by atoms with Crippen molar-refractivity contribution in [3.8, 4) is 0 Å². The van der Waals surface area contributed by atoms with Gasteiger partial charge in [0, 0.05) is 6.08 Å². The summed E-state index contributed by atoms with van der Waals surface area (Å²) < 4.78 is 11.1. The summed E-state index contributed by atoms with van der Waals surface area (Å²) in [5.41, 5.74) is 4.05. The third-order valence-corrected chi connectivity index (χ3v) is 3.37. The molecule has 2 heteroatoms. The van der Waals surface area contributed by atoms with E-state index < -0.39 is 0 Å². The van der Waals surface area contributed by atoms with Crippen LogP contribution in [0.4, 0.5) is 0 Å². The van der Waals surface area contributed by atoms with Crippen LogP contribution in [0.5, 0.6) is 0 Å². The zero-order valence-electron chi connectivity index (χ0n) is 12.4. The number of hydrogen-bond acceptors (Lipinski definition) is 1. The molecule has 0 aromatic rings. The van der Waals surface area contributed by atoms with E-state index in [-0.39, 0.29) is 0 Å². The molecule has 0 radical (unpaired) electrons. The summed E-state index contributed by atoms with van der Waals surface area (Å²) >= 11 is 0. The molecule has 0 fully saturated rings. The molecule has 19 heavy (non-hydrogen) atoms. The largest absolute Gasteiger partial charge is 0.486 e. The Morgan fingerprint density at radius 1 is 1.47 bits per heavy atom. The fraction of sp³-hybridized carbons (Fsp3) is 0.529. The summed E-state index contributed by atoms with van der Waals surface area (Å²) in [5.74, 6) is 2.17. The standard InChI is InChI=1S/C17H25O2/c1-5-8-9-14(6-2)13-19-16-10-11-17(18-4)15(7-3)12-16/h7,11-12,14H,3,5-6,8-9,13H2,1-2,4H3/q+1. The van der Waals surface area contributed by atoms with Gasteiger partial charge in [0.05, 0.1) is 18.3 Å². The van der Waals surface area contributed by atoms with Gasteiger partial charge in [-0.15, -0.1) is 0 Å². The molecule has 1 atom stereocenters. The fourth-order valence-electron chi connectivity index (χ4n) is 2.00. The first kappa shape index (κ1) is 15.5. The number of carbonyl (C=O) groups excluding carboxylic acids is 1. The van der Waals surface area contributed by atoms with Crippen LogP contribution >= 0.6 is 0 Å². The van der Waals surface area contributed by atoms with E-state index in [1.54, 1.807) is 19.3 Å². The van der Waals surface area contributed by atoms with Crippen molar-refractivity contribution in [1.82, 2.24) is 0 Å². The van der Waals surface area contributed by atoms with Crippen molar-refractivity contribution < 1.29 is 9.16 Å². The Morgan fingerprint density at radius 3 is 2.84 bits per heavy atom. The van der Waals surface area contributed by atoms with Gasteiger partial charge in [0.1, 0.15) is 0 Å². The van der Waals surface area contributed by atoms with E-state index in [2.05, 4.69) is 26.2 Å². The normalized spacial score (nSPS) is 17.9. The summed E-state index contributed by atoms with van der Waals surface area (Å²) in [5, 5.41) is 0. The fourth-order valence-corrected chi connectivity index (χ4v) is 2.00. The molecule has 0 aromatic carbocycles. The molecule has 0 bridgehead atoms. The first-order valence-corrected chi connectivity index (χ1v) is 7.10. The van der Waals surface area contributed by atoms with Gasteiger partial charge in [-0.3, -0.25) is 4.42 Å². The maximum absolute atomic E-state index is 5.84. The predicted octanol–water partition coefficient (Wildman–Crippen LogP) is 4.12. The molecule has 0 saturated heterocycles. The first-order chi connectivity index (χ1) is 9.24. The molecule has 1 rings (SSSR count). The van der Waals surface area contributed by atoms with Gasteiger partial charge < -0.3 is 4.74 Å². The average molecular weight is 261 g/mol. The van der Waals surface area contributed by atoms with Gasteiger partial charge in [-0.25, -0.2) is 0 Å². The summed E-state index contributed by atoms with van der Waals surface area (Å²) in [4.78, 5) is 0. The molecule has 1 unspecified atom stereocenters. The highest BCUT2D eigenvalue weighted by molar-refractivity contribution is 6.07. The zero-order valence-corrected chi connectivity index (χ0v) is 12.4. The third kappa shape index (κ3) is 4.92. The lowest BCUT2D eigenvalue weighted by Crippen LogP contribution is -2.10. The highest BCUT2D eigenvalue weighted by Crippen LogP contribution is 2.17. The monoisotopic (exact) mass is 261 g/mol. The van der Waals surface area contributed by atoms with Crippen molar-refractivity contribution in [2.24, 2.45) is 5.92 Å². The van der Waals surface area contributed by atoms with Crippen LogP contribution in [0.3, 0.4) is 0 Å². The summed E-state index contributed by atoms with van der Waals surface area (Å²) in [6.45, 7) is 8.99. The van der Waals surface area contributed by atoms with Crippen molar-refractivity contribution in [1.29, 1.82) is 0 Å².